The first-order chi connectivity index (χ1) is 11.1. The third-order valence-electron chi connectivity index (χ3n) is 4.18. The van der Waals surface area contributed by atoms with Gasteiger partial charge in [-0.2, -0.15) is 0 Å². The fourth-order valence-electron chi connectivity index (χ4n) is 3.02. The van der Waals surface area contributed by atoms with Gasteiger partial charge in [0.2, 0.25) is 0 Å². The Morgan fingerprint density at radius 1 is 1.30 bits per heavy atom. The molecule has 1 saturated heterocycles. The number of likely N-dealkylation sites (N-methyl/N-ethyl adjacent to an activating group) is 1. The summed E-state index contributed by atoms with van der Waals surface area (Å²) in [7, 11) is 6.21. The second-order valence-corrected chi connectivity index (χ2v) is 6.62. The summed E-state index contributed by atoms with van der Waals surface area (Å²) in [4.78, 5) is 9.00. The van der Waals surface area contributed by atoms with Gasteiger partial charge >= 0.3 is 0 Å². The quantitative estimate of drug-likeness (QED) is 0.849. The van der Waals surface area contributed by atoms with Crippen LogP contribution >= 0.6 is 12.2 Å². The van der Waals surface area contributed by atoms with Gasteiger partial charge in [0.25, 0.3) is 0 Å². The number of aromatic nitrogens is 2. The third-order valence-corrected chi connectivity index (χ3v) is 4.53. The second kappa shape index (κ2) is 6.68. The van der Waals surface area contributed by atoms with Gasteiger partial charge in [-0.1, -0.05) is 6.07 Å². The molecule has 2 aromatic rings. The molecule has 0 saturated carbocycles. The molecule has 3 rings (SSSR count). The van der Waals surface area contributed by atoms with Crippen LogP contribution in [0.25, 0.3) is 0 Å². The number of aryl methyl sites for hydroxylation is 1. The number of nitrogens with one attached hydrogen (secondary N) is 1. The molecule has 1 N–H and O–H groups in total. The molecular formula is C17H23N5S. The first kappa shape index (κ1) is 16.0. The van der Waals surface area contributed by atoms with Crippen LogP contribution in [0.1, 0.15) is 23.3 Å². The van der Waals surface area contributed by atoms with E-state index in [-0.39, 0.29) is 12.1 Å². The van der Waals surface area contributed by atoms with E-state index < -0.39 is 0 Å². The summed E-state index contributed by atoms with van der Waals surface area (Å²) in [5.41, 5.74) is 2.28. The number of thiocarbonyl (C=S) groups is 1. The maximum absolute atomic E-state index is 5.62. The Kier molecular flexibility index (Phi) is 4.63. The monoisotopic (exact) mass is 329 g/mol. The van der Waals surface area contributed by atoms with Crippen LogP contribution < -0.4 is 5.32 Å². The number of nitrogens with zero attached hydrogens (tertiary/aromatic N) is 4. The van der Waals surface area contributed by atoms with Gasteiger partial charge in [-0.05, 0) is 50.1 Å². The molecule has 23 heavy (non-hydrogen) atoms. The van der Waals surface area contributed by atoms with Crippen LogP contribution in [-0.4, -0.2) is 51.6 Å². The van der Waals surface area contributed by atoms with Crippen LogP contribution in [0.2, 0.25) is 0 Å². The van der Waals surface area contributed by atoms with Gasteiger partial charge in [0.1, 0.15) is 0 Å². The summed E-state index contributed by atoms with van der Waals surface area (Å²) >= 11 is 5.62. The van der Waals surface area contributed by atoms with Gasteiger partial charge in [0.15, 0.2) is 5.11 Å². The molecule has 2 unspecified atom stereocenters. The van der Waals surface area contributed by atoms with Gasteiger partial charge < -0.3 is 19.7 Å². The van der Waals surface area contributed by atoms with Crippen molar-refractivity contribution in [2.24, 2.45) is 7.05 Å². The van der Waals surface area contributed by atoms with Crippen molar-refractivity contribution in [3.63, 3.8) is 0 Å². The van der Waals surface area contributed by atoms with E-state index in [0.717, 1.165) is 23.9 Å². The Morgan fingerprint density at radius 3 is 2.74 bits per heavy atom. The third kappa shape index (κ3) is 3.38. The van der Waals surface area contributed by atoms with Gasteiger partial charge in [-0.15, -0.1) is 0 Å². The van der Waals surface area contributed by atoms with Crippen molar-refractivity contribution in [1.82, 2.24) is 24.7 Å². The summed E-state index contributed by atoms with van der Waals surface area (Å²) in [6, 6.07) is 8.44. The van der Waals surface area contributed by atoms with Gasteiger partial charge in [-0.25, -0.2) is 0 Å². The smallest absolute Gasteiger partial charge is 0.170 e. The van der Waals surface area contributed by atoms with Crippen molar-refractivity contribution in [3.8, 4) is 0 Å². The zero-order valence-corrected chi connectivity index (χ0v) is 14.6. The van der Waals surface area contributed by atoms with Gasteiger partial charge in [-0.3, -0.25) is 4.98 Å². The summed E-state index contributed by atoms with van der Waals surface area (Å²) in [6.45, 7) is 1.85. The molecule has 3 heterocycles. The largest absolute Gasteiger partial charge is 0.357 e. The fraction of sp³-hybridized carbons (Fsp3) is 0.412. The summed E-state index contributed by atoms with van der Waals surface area (Å²) < 4.78 is 2.08. The summed E-state index contributed by atoms with van der Waals surface area (Å²) in [5.74, 6) is 0. The van der Waals surface area contributed by atoms with E-state index in [0.29, 0.717) is 0 Å². The van der Waals surface area contributed by atoms with Crippen LogP contribution in [0.15, 0.2) is 42.9 Å². The van der Waals surface area contributed by atoms with E-state index in [9.17, 15) is 0 Å². The standard InChI is InChI=1S/C17H23N5S/c1-20(2)10-11-22-16(13-7-9-21(3)12-13)15(19-17(22)23)14-6-4-5-8-18-14/h4-9,12,15-16H,10-11H2,1-3H3,(H,19,23). The van der Waals surface area contributed by atoms with Crippen molar-refractivity contribution >= 4 is 17.3 Å². The Hall–Kier alpha value is -1.92. The lowest BCUT2D eigenvalue weighted by Crippen LogP contribution is -2.35. The highest BCUT2D eigenvalue weighted by atomic mass is 32.1. The molecule has 1 fully saturated rings. The molecule has 2 aromatic heterocycles. The minimum atomic E-state index is 0.0771. The summed E-state index contributed by atoms with van der Waals surface area (Å²) in [5, 5.41) is 4.27. The van der Waals surface area contributed by atoms with Crippen LogP contribution in [-0.2, 0) is 7.05 Å². The van der Waals surface area contributed by atoms with Crippen molar-refractivity contribution in [1.29, 1.82) is 0 Å². The first-order valence-electron chi connectivity index (χ1n) is 7.81. The number of hydrogen-bond acceptors (Lipinski definition) is 3. The topological polar surface area (TPSA) is 36.3 Å². The number of hydrogen-bond donors (Lipinski definition) is 1. The highest BCUT2D eigenvalue weighted by Gasteiger charge is 2.39. The molecule has 1 aliphatic heterocycles. The molecule has 1 aliphatic rings. The van der Waals surface area contributed by atoms with E-state index in [1.165, 1.54) is 5.56 Å². The SMILES string of the molecule is CN(C)CCN1C(=S)NC(c2ccccn2)C1c1ccn(C)c1. The Morgan fingerprint density at radius 2 is 2.13 bits per heavy atom. The normalized spacial score (nSPS) is 21.0. The zero-order chi connectivity index (χ0) is 16.4. The second-order valence-electron chi connectivity index (χ2n) is 6.23. The molecule has 5 nitrogen and oxygen atoms in total. The van der Waals surface area contributed by atoms with E-state index >= 15 is 0 Å². The molecule has 0 bridgehead atoms. The van der Waals surface area contributed by atoms with Gasteiger partial charge in [0.05, 0.1) is 17.8 Å². The predicted molar refractivity (Wildman–Crippen MR) is 96.1 cm³/mol. The maximum Gasteiger partial charge on any atom is 0.170 e. The van der Waals surface area contributed by atoms with Crippen LogP contribution in [0, 0.1) is 0 Å². The molecule has 2 atom stereocenters. The lowest BCUT2D eigenvalue weighted by molar-refractivity contribution is 0.277. The van der Waals surface area contributed by atoms with E-state index in [1.807, 2.05) is 25.4 Å². The Labute approximate surface area is 142 Å². The van der Waals surface area contributed by atoms with Crippen LogP contribution in [0.5, 0.6) is 0 Å². The van der Waals surface area contributed by atoms with E-state index in [4.69, 9.17) is 12.2 Å². The molecule has 0 aromatic carbocycles. The zero-order valence-electron chi connectivity index (χ0n) is 13.8. The van der Waals surface area contributed by atoms with Crippen LogP contribution in [0.3, 0.4) is 0 Å². The highest BCUT2D eigenvalue weighted by Crippen LogP contribution is 2.38. The molecule has 0 aliphatic carbocycles. The molecular weight excluding hydrogens is 306 g/mol. The van der Waals surface area contributed by atoms with E-state index in [2.05, 4.69) is 63.3 Å². The maximum atomic E-state index is 5.62. The highest BCUT2D eigenvalue weighted by molar-refractivity contribution is 7.80. The molecule has 6 heteroatoms. The lowest BCUT2D eigenvalue weighted by Gasteiger charge is -2.28. The van der Waals surface area contributed by atoms with Crippen molar-refractivity contribution in [3.05, 3.63) is 54.1 Å². The molecule has 0 radical (unpaired) electrons. The first-order valence-corrected chi connectivity index (χ1v) is 8.22. The minimum Gasteiger partial charge on any atom is -0.357 e. The predicted octanol–water partition coefficient (Wildman–Crippen LogP) is 1.95. The van der Waals surface area contributed by atoms with Gasteiger partial charge in [0, 0.05) is 38.7 Å². The van der Waals surface area contributed by atoms with Crippen LogP contribution in [0.4, 0.5) is 0 Å². The lowest BCUT2D eigenvalue weighted by atomic mass is 9.99. The van der Waals surface area contributed by atoms with E-state index in [1.54, 1.807) is 0 Å². The Balaban J connectivity index is 1.94. The average Bonchev–Trinajstić information content (AvgIpc) is 3.09. The fourth-order valence-corrected chi connectivity index (χ4v) is 3.35. The molecule has 0 amide bonds. The number of rotatable bonds is 5. The number of pyridine rings is 1. The minimum absolute atomic E-state index is 0.0771. The Bertz CT molecular complexity index is 667. The average molecular weight is 329 g/mol. The summed E-state index contributed by atoms with van der Waals surface area (Å²) in [6.07, 6.45) is 6.08. The van der Waals surface area contributed by atoms with Crippen molar-refractivity contribution in [2.45, 2.75) is 12.1 Å². The van der Waals surface area contributed by atoms with Crippen molar-refractivity contribution in [2.75, 3.05) is 27.2 Å². The van der Waals surface area contributed by atoms with Crippen molar-refractivity contribution < 1.29 is 0 Å². The molecule has 0 spiro atoms. The molecule has 122 valence electrons.